The molecule has 0 radical (unpaired) electrons. The Balaban J connectivity index is 1.79. The Hall–Kier alpha value is -0.480. The molecule has 2 nitrogen and oxygen atoms in total. The molecule has 0 amide bonds. The van der Waals surface area contributed by atoms with Gasteiger partial charge < -0.3 is 4.74 Å². The van der Waals surface area contributed by atoms with Crippen LogP contribution in [0.4, 0.5) is 0 Å². The van der Waals surface area contributed by atoms with Crippen LogP contribution in [0.15, 0.2) is 16.3 Å². The third-order valence-corrected chi connectivity index (χ3v) is 4.30. The van der Waals surface area contributed by atoms with Crippen molar-refractivity contribution in [2.75, 3.05) is 6.61 Å². The Morgan fingerprint density at radius 1 is 1.44 bits per heavy atom. The first-order valence-electron chi connectivity index (χ1n) is 5.70. The molecule has 0 aromatic carbocycles. The smallest absolute Gasteiger partial charge is 0.348 e. The summed E-state index contributed by atoms with van der Waals surface area (Å²) in [5, 5.41) is 1.85. The van der Waals surface area contributed by atoms with Crippen LogP contribution in [-0.4, -0.2) is 12.6 Å². The average molecular weight is 256 g/mol. The maximum absolute atomic E-state index is 11.7. The van der Waals surface area contributed by atoms with Gasteiger partial charge in [0.15, 0.2) is 0 Å². The number of thiophene rings is 1. The first-order chi connectivity index (χ1) is 7.75. The van der Waals surface area contributed by atoms with Gasteiger partial charge in [0.05, 0.1) is 6.61 Å². The molecule has 0 unspecified atom stereocenters. The number of rotatable bonds is 3. The molecule has 0 spiro atoms. The van der Waals surface area contributed by atoms with Crippen molar-refractivity contribution in [3.63, 3.8) is 0 Å². The average Bonchev–Trinajstić information content (AvgIpc) is 2.74. The SMILES string of the molecule is O=C(OCC1CCCCC1)c1cc(S)cs1. The normalized spacial score (nSPS) is 17.3. The molecule has 1 saturated carbocycles. The number of ether oxygens (including phenoxy) is 1. The maximum Gasteiger partial charge on any atom is 0.348 e. The molecule has 1 fully saturated rings. The van der Waals surface area contributed by atoms with Crippen molar-refractivity contribution in [3.05, 3.63) is 16.3 Å². The third-order valence-electron chi connectivity index (χ3n) is 2.96. The van der Waals surface area contributed by atoms with Gasteiger partial charge in [-0.3, -0.25) is 0 Å². The second-order valence-electron chi connectivity index (χ2n) is 4.27. The summed E-state index contributed by atoms with van der Waals surface area (Å²) in [6.07, 6.45) is 6.30. The van der Waals surface area contributed by atoms with E-state index in [1.54, 1.807) is 6.07 Å². The standard InChI is InChI=1S/C12H16O2S2/c13-12(11-6-10(15)8-16-11)14-7-9-4-2-1-3-5-9/h6,8-9,15H,1-5,7H2. The van der Waals surface area contributed by atoms with Crippen LogP contribution in [0.5, 0.6) is 0 Å². The van der Waals surface area contributed by atoms with Gasteiger partial charge in [0.25, 0.3) is 0 Å². The van der Waals surface area contributed by atoms with Crippen LogP contribution in [0.1, 0.15) is 41.8 Å². The molecule has 0 aliphatic heterocycles. The molecule has 1 aliphatic carbocycles. The molecule has 0 N–H and O–H groups in total. The quantitative estimate of drug-likeness (QED) is 0.658. The van der Waals surface area contributed by atoms with E-state index in [1.807, 2.05) is 5.38 Å². The summed E-state index contributed by atoms with van der Waals surface area (Å²) < 4.78 is 5.32. The molecule has 4 heteroatoms. The topological polar surface area (TPSA) is 26.3 Å². The Bertz CT molecular complexity index is 354. The van der Waals surface area contributed by atoms with Gasteiger partial charge in [-0.05, 0) is 24.8 Å². The lowest BCUT2D eigenvalue weighted by atomic mass is 9.90. The van der Waals surface area contributed by atoms with Crippen molar-refractivity contribution in [2.24, 2.45) is 5.92 Å². The van der Waals surface area contributed by atoms with Crippen LogP contribution in [-0.2, 0) is 4.74 Å². The highest BCUT2D eigenvalue weighted by Crippen LogP contribution is 2.24. The number of esters is 1. The van der Waals surface area contributed by atoms with Crippen LogP contribution in [0.2, 0.25) is 0 Å². The molecule has 16 heavy (non-hydrogen) atoms. The van der Waals surface area contributed by atoms with Crippen LogP contribution in [0, 0.1) is 5.92 Å². The lowest BCUT2D eigenvalue weighted by Crippen LogP contribution is -2.16. The molecule has 2 rings (SSSR count). The largest absolute Gasteiger partial charge is 0.461 e. The molecule has 0 saturated heterocycles. The summed E-state index contributed by atoms with van der Waals surface area (Å²) >= 11 is 5.57. The summed E-state index contributed by atoms with van der Waals surface area (Å²) in [6.45, 7) is 0.582. The van der Waals surface area contributed by atoms with E-state index in [9.17, 15) is 4.79 Å². The van der Waals surface area contributed by atoms with Gasteiger partial charge in [0.2, 0.25) is 0 Å². The van der Waals surface area contributed by atoms with Crippen molar-refractivity contribution in [1.82, 2.24) is 0 Å². The lowest BCUT2D eigenvalue weighted by molar-refractivity contribution is 0.0416. The van der Waals surface area contributed by atoms with Gasteiger partial charge in [-0.25, -0.2) is 4.79 Å². The monoisotopic (exact) mass is 256 g/mol. The fraction of sp³-hybridized carbons (Fsp3) is 0.583. The van der Waals surface area contributed by atoms with E-state index in [4.69, 9.17) is 4.74 Å². The minimum Gasteiger partial charge on any atom is -0.461 e. The van der Waals surface area contributed by atoms with Gasteiger partial charge in [-0.1, -0.05) is 19.3 Å². The molecule has 1 aromatic rings. The molecule has 0 atom stereocenters. The van der Waals surface area contributed by atoms with Crippen molar-refractivity contribution >= 4 is 29.9 Å². The fourth-order valence-corrected chi connectivity index (χ4v) is 3.09. The minimum absolute atomic E-state index is 0.198. The van der Waals surface area contributed by atoms with Gasteiger partial charge in [0, 0.05) is 10.3 Å². The predicted molar refractivity (Wildman–Crippen MR) is 68.4 cm³/mol. The highest BCUT2D eigenvalue weighted by molar-refractivity contribution is 7.80. The summed E-state index contributed by atoms with van der Waals surface area (Å²) in [5.74, 6) is 0.379. The maximum atomic E-state index is 11.7. The molecule has 1 heterocycles. The molecule has 1 aliphatic rings. The predicted octanol–water partition coefficient (Wildman–Crippen LogP) is 3.77. The number of carbonyl (C=O) groups excluding carboxylic acids is 1. The number of carbonyl (C=O) groups is 1. The van der Waals surface area contributed by atoms with E-state index in [0.717, 1.165) is 4.90 Å². The van der Waals surface area contributed by atoms with Crippen molar-refractivity contribution in [2.45, 2.75) is 37.0 Å². The Morgan fingerprint density at radius 2 is 2.19 bits per heavy atom. The zero-order chi connectivity index (χ0) is 11.4. The first-order valence-corrected chi connectivity index (χ1v) is 7.03. The van der Waals surface area contributed by atoms with E-state index in [1.165, 1.54) is 43.4 Å². The van der Waals surface area contributed by atoms with Crippen molar-refractivity contribution in [1.29, 1.82) is 0 Å². The zero-order valence-electron chi connectivity index (χ0n) is 9.15. The molecular formula is C12H16O2S2. The summed E-state index contributed by atoms with van der Waals surface area (Å²) in [6, 6.07) is 1.76. The van der Waals surface area contributed by atoms with E-state index in [2.05, 4.69) is 12.6 Å². The van der Waals surface area contributed by atoms with E-state index in [0.29, 0.717) is 17.4 Å². The van der Waals surface area contributed by atoms with Crippen LogP contribution in [0.25, 0.3) is 0 Å². The van der Waals surface area contributed by atoms with Gasteiger partial charge in [-0.2, -0.15) is 0 Å². The van der Waals surface area contributed by atoms with E-state index in [-0.39, 0.29) is 5.97 Å². The molecule has 88 valence electrons. The van der Waals surface area contributed by atoms with Crippen LogP contribution >= 0.6 is 24.0 Å². The van der Waals surface area contributed by atoms with Crippen molar-refractivity contribution < 1.29 is 9.53 Å². The highest BCUT2D eigenvalue weighted by atomic mass is 32.1. The zero-order valence-corrected chi connectivity index (χ0v) is 10.9. The Morgan fingerprint density at radius 3 is 2.81 bits per heavy atom. The summed E-state index contributed by atoms with van der Waals surface area (Å²) in [7, 11) is 0. The first kappa shape index (κ1) is 12.0. The minimum atomic E-state index is -0.198. The second-order valence-corrected chi connectivity index (χ2v) is 5.70. The second kappa shape index (κ2) is 5.73. The lowest BCUT2D eigenvalue weighted by Gasteiger charge is -2.20. The number of thiol groups is 1. The molecule has 1 aromatic heterocycles. The Labute approximate surface area is 105 Å². The van der Waals surface area contributed by atoms with Crippen LogP contribution < -0.4 is 0 Å². The third kappa shape index (κ3) is 3.25. The number of hydrogen-bond donors (Lipinski definition) is 1. The van der Waals surface area contributed by atoms with Crippen molar-refractivity contribution in [3.8, 4) is 0 Å². The summed E-state index contributed by atoms with van der Waals surface area (Å²) in [5.41, 5.74) is 0. The number of hydrogen-bond acceptors (Lipinski definition) is 4. The van der Waals surface area contributed by atoms with Gasteiger partial charge >= 0.3 is 5.97 Å². The van der Waals surface area contributed by atoms with E-state index >= 15 is 0 Å². The summed E-state index contributed by atoms with van der Waals surface area (Å²) in [4.78, 5) is 13.1. The fourth-order valence-electron chi connectivity index (χ4n) is 2.05. The van der Waals surface area contributed by atoms with Gasteiger partial charge in [-0.15, -0.1) is 24.0 Å². The van der Waals surface area contributed by atoms with E-state index < -0.39 is 0 Å². The van der Waals surface area contributed by atoms with Gasteiger partial charge in [0.1, 0.15) is 4.88 Å². The highest BCUT2D eigenvalue weighted by Gasteiger charge is 2.16. The van der Waals surface area contributed by atoms with Crippen LogP contribution in [0.3, 0.4) is 0 Å². The Kier molecular flexibility index (Phi) is 4.29. The molecule has 0 bridgehead atoms. The molecular weight excluding hydrogens is 240 g/mol.